The lowest BCUT2D eigenvalue weighted by molar-refractivity contribution is -0.149. The number of hydrogen-bond acceptors (Lipinski definition) is 5. The van der Waals surface area contributed by atoms with Crippen molar-refractivity contribution < 1.29 is 19.2 Å². The van der Waals surface area contributed by atoms with Crippen LogP contribution in [-0.4, -0.2) is 33.8 Å². The van der Waals surface area contributed by atoms with E-state index in [1.807, 2.05) is 0 Å². The minimum Gasteiger partial charge on any atom is -0.481 e. The third-order valence-corrected chi connectivity index (χ3v) is 3.36. The average molecular weight is 284 g/mol. The van der Waals surface area contributed by atoms with Gasteiger partial charge in [0.15, 0.2) is 5.82 Å². The van der Waals surface area contributed by atoms with Gasteiger partial charge in [0.1, 0.15) is 0 Å². The molecule has 1 aromatic rings. The lowest BCUT2D eigenvalue weighted by atomic mass is 9.82. The summed E-state index contributed by atoms with van der Waals surface area (Å²) in [5, 5.41) is 17.9. The van der Waals surface area contributed by atoms with Gasteiger partial charge in [0.25, 0.3) is 0 Å². The van der Waals surface area contributed by atoms with Crippen molar-refractivity contribution in [3.63, 3.8) is 0 Å². The fourth-order valence-electron chi connectivity index (χ4n) is 1.76. The molecule has 0 aromatic carbocycles. The molecule has 2 amide bonds. The van der Waals surface area contributed by atoms with Gasteiger partial charge >= 0.3 is 12.0 Å². The Morgan fingerprint density at radius 2 is 1.95 bits per heavy atom. The van der Waals surface area contributed by atoms with Crippen LogP contribution in [0.5, 0.6) is 0 Å². The number of urea groups is 1. The maximum absolute atomic E-state index is 11.6. The summed E-state index contributed by atoms with van der Waals surface area (Å²) in [4.78, 5) is 26.8. The van der Waals surface area contributed by atoms with E-state index in [9.17, 15) is 14.7 Å². The highest BCUT2D eigenvalue weighted by molar-refractivity contribution is 5.78. The molecule has 8 heteroatoms. The number of carbonyl (C=O) groups excluding carboxylic acids is 1. The van der Waals surface area contributed by atoms with Crippen molar-refractivity contribution in [2.75, 3.05) is 6.54 Å². The van der Waals surface area contributed by atoms with Crippen molar-refractivity contribution in [3.05, 3.63) is 11.7 Å². The molecule has 1 rings (SSSR count). The molecule has 0 aliphatic rings. The molecule has 3 N–H and O–H groups in total. The molecule has 0 bridgehead atoms. The molecular formula is C12H20N4O4. The zero-order chi connectivity index (χ0) is 15.2. The average Bonchev–Trinajstić information content (AvgIpc) is 2.83. The summed E-state index contributed by atoms with van der Waals surface area (Å²) in [7, 11) is 0. The molecule has 1 heterocycles. The number of carbonyl (C=O) groups is 2. The maximum Gasteiger partial charge on any atom is 0.315 e. The van der Waals surface area contributed by atoms with Gasteiger partial charge in [-0.3, -0.25) is 4.79 Å². The third kappa shape index (κ3) is 3.94. The maximum atomic E-state index is 11.6. The number of carboxylic acid groups (broad SMARTS) is 1. The first-order valence-electron chi connectivity index (χ1n) is 6.47. The number of amides is 2. The molecule has 0 saturated carbocycles. The van der Waals surface area contributed by atoms with E-state index >= 15 is 0 Å². The number of aromatic nitrogens is 2. The first-order chi connectivity index (χ1) is 9.43. The summed E-state index contributed by atoms with van der Waals surface area (Å²) in [5.41, 5.74) is -0.932. The van der Waals surface area contributed by atoms with Gasteiger partial charge in [-0.2, -0.15) is 4.98 Å². The highest BCUT2D eigenvalue weighted by Crippen LogP contribution is 2.25. The van der Waals surface area contributed by atoms with E-state index in [-0.39, 0.29) is 13.1 Å². The zero-order valence-corrected chi connectivity index (χ0v) is 11.9. The molecule has 0 fully saturated rings. The molecule has 112 valence electrons. The minimum atomic E-state index is -0.932. The Balaban J connectivity index is 2.44. The summed E-state index contributed by atoms with van der Waals surface area (Å²) >= 11 is 0. The van der Waals surface area contributed by atoms with Crippen LogP contribution in [0.3, 0.4) is 0 Å². The Morgan fingerprint density at radius 3 is 2.40 bits per heavy atom. The number of nitrogens with zero attached hydrogens (tertiary/aromatic N) is 2. The van der Waals surface area contributed by atoms with Crippen LogP contribution < -0.4 is 10.6 Å². The SMILES string of the molecule is CCC(CC)(CNC(=O)NCc1nc(C)no1)C(=O)O. The van der Waals surface area contributed by atoms with Gasteiger partial charge in [-0.15, -0.1) is 0 Å². The van der Waals surface area contributed by atoms with Gasteiger partial charge in [-0.25, -0.2) is 4.79 Å². The number of carboxylic acids is 1. The lowest BCUT2D eigenvalue weighted by Crippen LogP contribution is -2.45. The van der Waals surface area contributed by atoms with Crippen LogP contribution in [0.4, 0.5) is 4.79 Å². The fourth-order valence-corrected chi connectivity index (χ4v) is 1.76. The van der Waals surface area contributed by atoms with E-state index in [0.29, 0.717) is 24.6 Å². The molecule has 8 nitrogen and oxygen atoms in total. The standard InChI is InChI=1S/C12H20N4O4/c1-4-12(5-2,10(17)18)7-14-11(19)13-6-9-15-8(3)16-20-9/h4-7H2,1-3H3,(H,17,18)(H2,13,14,19). The predicted octanol–water partition coefficient (Wildman–Crippen LogP) is 1.07. The molecule has 0 saturated heterocycles. The molecule has 20 heavy (non-hydrogen) atoms. The second kappa shape index (κ2) is 6.88. The first-order valence-corrected chi connectivity index (χ1v) is 6.47. The van der Waals surface area contributed by atoms with Crippen molar-refractivity contribution in [2.45, 2.75) is 40.2 Å². The van der Waals surface area contributed by atoms with E-state index < -0.39 is 17.4 Å². The normalized spacial score (nSPS) is 11.2. The van der Waals surface area contributed by atoms with Gasteiger partial charge in [0.05, 0.1) is 12.0 Å². The van der Waals surface area contributed by atoms with Crippen LogP contribution in [0.25, 0.3) is 0 Å². The Labute approximate surface area is 116 Å². The van der Waals surface area contributed by atoms with Gasteiger partial charge in [-0.1, -0.05) is 19.0 Å². The highest BCUT2D eigenvalue weighted by atomic mass is 16.5. The monoisotopic (exact) mass is 284 g/mol. The van der Waals surface area contributed by atoms with Crippen LogP contribution in [0.1, 0.15) is 38.4 Å². The van der Waals surface area contributed by atoms with Crippen molar-refractivity contribution in [2.24, 2.45) is 5.41 Å². The lowest BCUT2D eigenvalue weighted by Gasteiger charge is -2.26. The van der Waals surface area contributed by atoms with E-state index in [1.54, 1.807) is 20.8 Å². The van der Waals surface area contributed by atoms with Gasteiger partial charge in [-0.05, 0) is 19.8 Å². The smallest absolute Gasteiger partial charge is 0.315 e. The number of rotatable bonds is 7. The van der Waals surface area contributed by atoms with E-state index in [0.717, 1.165) is 0 Å². The van der Waals surface area contributed by atoms with Gasteiger partial charge < -0.3 is 20.3 Å². The summed E-state index contributed by atoms with van der Waals surface area (Å²) in [6.07, 6.45) is 0.893. The molecular weight excluding hydrogens is 264 g/mol. The second-order valence-corrected chi connectivity index (χ2v) is 4.56. The molecule has 0 radical (unpaired) electrons. The van der Waals surface area contributed by atoms with Gasteiger partial charge in [0.2, 0.25) is 5.89 Å². The fraction of sp³-hybridized carbons (Fsp3) is 0.667. The molecule has 0 aliphatic carbocycles. The quantitative estimate of drug-likeness (QED) is 0.689. The van der Waals surface area contributed by atoms with Crippen LogP contribution in [0, 0.1) is 12.3 Å². The predicted molar refractivity (Wildman–Crippen MR) is 69.9 cm³/mol. The Hall–Kier alpha value is -2.12. The molecule has 0 spiro atoms. The Morgan fingerprint density at radius 1 is 1.30 bits per heavy atom. The largest absolute Gasteiger partial charge is 0.481 e. The van der Waals surface area contributed by atoms with Crippen molar-refractivity contribution in [1.29, 1.82) is 0 Å². The van der Waals surface area contributed by atoms with Crippen LogP contribution in [-0.2, 0) is 11.3 Å². The zero-order valence-electron chi connectivity index (χ0n) is 11.9. The Kier molecular flexibility index (Phi) is 5.48. The summed E-state index contributed by atoms with van der Waals surface area (Å²) < 4.78 is 4.84. The summed E-state index contributed by atoms with van der Waals surface area (Å²) in [6.45, 7) is 5.43. The first kappa shape index (κ1) is 15.9. The van der Waals surface area contributed by atoms with Gasteiger partial charge in [0, 0.05) is 6.54 Å². The molecule has 0 unspecified atom stereocenters. The van der Waals surface area contributed by atoms with E-state index in [4.69, 9.17) is 4.52 Å². The Bertz CT molecular complexity index is 468. The van der Waals surface area contributed by atoms with E-state index in [1.165, 1.54) is 0 Å². The summed E-state index contributed by atoms with van der Waals surface area (Å²) in [5.74, 6) is -0.118. The van der Waals surface area contributed by atoms with Crippen LogP contribution >= 0.6 is 0 Å². The second-order valence-electron chi connectivity index (χ2n) is 4.56. The topological polar surface area (TPSA) is 117 Å². The minimum absolute atomic E-state index is 0.0734. The van der Waals surface area contributed by atoms with E-state index in [2.05, 4.69) is 20.8 Å². The molecule has 0 aliphatic heterocycles. The van der Waals surface area contributed by atoms with Crippen molar-refractivity contribution in [1.82, 2.24) is 20.8 Å². The van der Waals surface area contributed by atoms with Crippen LogP contribution in [0.15, 0.2) is 4.52 Å². The molecule has 0 atom stereocenters. The number of aryl methyl sites for hydroxylation is 1. The molecule has 1 aromatic heterocycles. The van der Waals surface area contributed by atoms with Crippen LogP contribution in [0.2, 0.25) is 0 Å². The van der Waals surface area contributed by atoms with Crippen molar-refractivity contribution >= 4 is 12.0 Å². The van der Waals surface area contributed by atoms with Crippen molar-refractivity contribution in [3.8, 4) is 0 Å². The highest BCUT2D eigenvalue weighted by Gasteiger charge is 2.35. The number of nitrogens with one attached hydrogen (secondary N) is 2. The summed E-state index contributed by atoms with van der Waals surface area (Å²) in [6, 6.07) is -0.464. The number of aliphatic carboxylic acids is 1. The number of hydrogen-bond donors (Lipinski definition) is 3. The third-order valence-electron chi connectivity index (χ3n) is 3.36.